The van der Waals surface area contributed by atoms with Gasteiger partial charge in [-0.05, 0) is 43.5 Å². The molecule has 1 saturated carbocycles. The summed E-state index contributed by atoms with van der Waals surface area (Å²) in [5.41, 5.74) is 0.570. The summed E-state index contributed by atoms with van der Waals surface area (Å²) in [7, 11) is 3.15. The minimum absolute atomic E-state index is 0.0337. The molecule has 1 N–H and O–H groups in total. The molecule has 1 aliphatic rings. The van der Waals surface area contributed by atoms with Crippen molar-refractivity contribution < 1.29 is 14.3 Å². The van der Waals surface area contributed by atoms with E-state index in [-0.39, 0.29) is 5.78 Å². The lowest BCUT2D eigenvalue weighted by Gasteiger charge is -2.10. The molecule has 98 valence electrons. The second-order valence-electron chi connectivity index (χ2n) is 4.56. The van der Waals surface area contributed by atoms with E-state index in [1.54, 1.807) is 32.4 Å². The second-order valence-corrected chi connectivity index (χ2v) is 4.56. The molecule has 18 heavy (non-hydrogen) atoms. The van der Waals surface area contributed by atoms with Gasteiger partial charge in [0, 0.05) is 0 Å². The van der Waals surface area contributed by atoms with Gasteiger partial charge in [-0.25, -0.2) is 0 Å². The van der Waals surface area contributed by atoms with E-state index in [4.69, 9.17) is 9.47 Å². The first-order valence-corrected chi connectivity index (χ1v) is 6.20. The van der Waals surface area contributed by atoms with Crippen LogP contribution in [0.2, 0.25) is 0 Å². The highest BCUT2D eigenvalue weighted by atomic mass is 16.5. The van der Waals surface area contributed by atoms with Crippen molar-refractivity contribution in [1.82, 2.24) is 5.32 Å². The van der Waals surface area contributed by atoms with Crippen LogP contribution in [-0.2, 0) is 0 Å². The number of hydrogen-bond acceptors (Lipinski definition) is 4. The van der Waals surface area contributed by atoms with Crippen molar-refractivity contribution in [3.63, 3.8) is 0 Å². The van der Waals surface area contributed by atoms with Crippen LogP contribution in [0.25, 0.3) is 0 Å². The minimum atomic E-state index is 0.0337. The topological polar surface area (TPSA) is 47.6 Å². The molecule has 1 fully saturated rings. The fourth-order valence-electron chi connectivity index (χ4n) is 1.84. The molecule has 0 saturated heterocycles. The predicted octanol–water partition coefficient (Wildman–Crippen LogP) is 1.89. The molecule has 4 heteroatoms. The molecule has 0 heterocycles. The fourth-order valence-corrected chi connectivity index (χ4v) is 1.84. The molecule has 0 bridgehead atoms. The van der Waals surface area contributed by atoms with E-state index in [1.807, 2.05) is 0 Å². The lowest BCUT2D eigenvalue weighted by Crippen LogP contribution is -2.25. The largest absolute Gasteiger partial charge is 0.497 e. The number of methoxy groups -OCH3 is 2. The highest BCUT2D eigenvalue weighted by Crippen LogP contribution is 2.28. The van der Waals surface area contributed by atoms with Crippen LogP contribution in [0.1, 0.15) is 23.2 Å². The molecule has 1 aromatic carbocycles. The summed E-state index contributed by atoms with van der Waals surface area (Å²) in [6, 6.07) is 5.26. The first kappa shape index (κ1) is 12.9. The Hall–Kier alpha value is -1.55. The standard InChI is InChI=1S/C14H19NO3/c1-17-11-5-6-14(18-2)12(7-11)13(16)9-15-8-10-3-4-10/h5-7,10,15H,3-4,8-9H2,1-2H3. The van der Waals surface area contributed by atoms with Gasteiger partial charge in [0.1, 0.15) is 11.5 Å². The number of hydrogen-bond donors (Lipinski definition) is 1. The molecule has 0 spiro atoms. The van der Waals surface area contributed by atoms with Gasteiger partial charge < -0.3 is 14.8 Å². The Morgan fingerprint density at radius 1 is 1.33 bits per heavy atom. The summed E-state index contributed by atoms with van der Waals surface area (Å²) in [4.78, 5) is 12.1. The Kier molecular flexibility index (Phi) is 4.20. The van der Waals surface area contributed by atoms with Crippen LogP contribution in [-0.4, -0.2) is 33.1 Å². The van der Waals surface area contributed by atoms with Gasteiger partial charge >= 0.3 is 0 Å². The summed E-state index contributed by atoms with van der Waals surface area (Å²) >= 11 is 0. The first-order valence-electron chi connectivity index (χ1n) is 6.20. The summed E-state index contributed by atoms with van der Waals surface area (Å²) in [5, 5.41) is 3.19. The summed E-state index contributed by atoms with van der Waals surface area (Å²) in [6.45, 7) is 1.28. The molecule has 0 radical (unpaired) electrons. The highest BCUT2D eigenvalue weighted by Gasteiger charge is 2.21. The van der Waals surface area contributed by atoms with E-state index in [1.165, 1.54) is 12.8 Å². The SMILES string of the molecule is COc1ccc(OC)c(C(=O)CNCC2CC2)c1. The van der Waals surface area contributed by atoms with Crippen LogP contribution in [0, 0.1) is 5.92 Å². The van der Waals surface area contributed by atoms with Crippen molar-refractivity contribution in [2.24, 2.45) is 5.92 Å². The minimum Gasteiger partial charge on any atom is -0.497 e. The average molecular weight is 249 g/mol. The zero-order valence-corrected chi connectivity index (χ0v) is 10.9. The molecule has 4 nitrogen and oxygen atoms in total. The average Bonchev–Trinajstić information content (AvgIpc) is 3.22. The Morgan fingerprint density at radius 3 is 2.72 bits per heavy atom. The maximum atomic E-state index is 12.1. The van der Waals surface area contributed by atoms with Crippen molar-refractivity contribution in [3.05, 3.63) is 23.8 Å². The summed E-state index contributed by atoms with van der Waals surface area (Å²) < 4.78 is 10.3. The zero-order chi connectivity index (χ0) is 13.0. The van der Waals surface area contributed by atoms with Crippen LogP contribution in [0.3, 0.4) is 0 Å². The number of rotatable bonds is 7. The molecule has 0 aliphatic heterocycles. The molecule has 0 amide bonds. The third-order valence-corrected chi connectivity index (χ3v) is 3.12. The van der Waals surface area contributed by atoms with Gasteiger partial charge in [-0.15, -0.1) is 0 Å². The number of ether oxygens (including phenoxy) is 2. The van der Waals surface area contributed by atoms with E-state index in [9.17, 15) is 4.79 Å². The molecule has 1 aromatic rings. The van der Waals surface area contributed by atoms with E-state index in [2.05, 4.69) is 5.32 Å². The van der Waals surface area contributed by atoms with Crippen LogP contribution in [0.5, 0.6) is 11.5 Å². The van der Waals surface area contributed by atoms with E-state index >= 15 is 0 Å². The summed E-state index contributed by atoms with van der Waals surface area (Å²) in [5.74, 6) is 2.06. The Bertz CT molecular complexity index is 427. The summed E-state index contributed by atoms with van der Waals surface area (Å²) in [6.07, 6.45) is 2.56. The van der Waals surface area contributed by atoms with Gasteiger partial charge in [0.25, 0.3) is 0 Å². The number of nitrogens with one attached hydrogen (secondary N) is 1. The molecule has 1 aliphatic carbocycles. The zero-order valence-electron chi connectivity index (χ0n) is 10.9. The molecule has 0 unspecified atom stereocenters. The Labute approximate surface area is 107 Å². The lowest BCUT2D eigenvalue weighted by molar-refractivity contribution is 0.0987. The smallest absolute Gasteiger partial charge is 0.180 e. The third kappa shape index (κ3) is 3.23. The first-order chi connectivity index (χ1) is 8.74. The van der Waals surface area contributed by atoms with Crippen molar-refractivity contribution in [2.45, 2.75) is 12.8 Å². The lowest BCUT2D eigenvalue weighted by atomic mass is 10.1. The van der Waals surface area contributed by atoms with E-state index < -0.39 is 0 Å². The van der Waals surface area contributed by atoms with Crippen LogP contribution < -0.4 is 14.8 Å². The third-order valence-electron chi connectivity index (χ3n) is 3.12. The number of benzene rings is 1. The molecule has 2 rings (SSSR count). The van der Waals surface area contributed by atoms with Crippen LogP contribution in [0.4, 0.5) is 0 Å². The number of carbonyl (C=O) groups is 1. The van der Waals surface area contributed by atoms with Gasteiger partial charge in [-0.2, -0.15) is 0 Å². The maximum absolute atomic E-state index is 12.1. The van der Waals surface area contributed by atoms with Crippen LogP contribution >= 0.6 is 0 Å². The van der Waals surface area contributed by atoms with Crippen LogP contribution in [0.15, 0.2) is 18.2 Å². The second kappa shape index (κ2) is 5.87. The fraction of sp³-hybridized carbons (Fsp3) is 0.500. The van der Waals surface area contributed by atoms with Crippen molar-refractivity contribution in [2.75, 3.05) is 27.3 Å². The molecular formula is C14H19NO3. The molecule has 0 atom stereocenters. The number of Topliss-reactive ketones (excluding diaryl/α,β-unsaturated/α-hetero) is 1. The maximum Gasteiger partial charge on any atom is 0.180 e. The normalized spacial score (nSPS) is 14.3. The monoisotopic (exact) mass is 249 g/mol. The van der Waals surface area contributed by atoms with Gasteiger partial charge in [0.2, 0.25) is 0 Å². The van der Waals surface area contributed by atoms with E-state index in [0.717, 1.165) is 12.5 Å². The Balaban J connectivity index is 2.01. The Morgan fingerprint density at radius 2 is 2.11 bits per heavy atom. The molecule has 0 aromatic heterocycles. The number of carbonyl (C=O) groups excluding carboxylic acids is 1. The van der Waals surface area contributed by atoms with E-state index in [0.29, 0.717) is 23.6 Å². The number of ketones is 1. The van der Waals surface area contributed by atoms with Gasteiger partial charge in [-0.3, -0.25) is 4.79 Å². The van der Waals surface area contributed by atoms with Crippen molar-refractivity contribution in [1.29, 1.82) is 0 Å². The van der Waals surface area contributed by atoms with Gasteiger partial charge in [0.15, 0.2) is 5.78 Å². The predicted molar refractivity (Wildman–Crippen MR) is 69.5 cm³/mol. The van der Waals surface area contributed by atoms with Crippen molar-refractivity contribution in [3.8, 4) is 11.5 Å². The van der Waals surface area contributed by atoms with Gasteiger partial charge in [-0.1, -0.05) is 0 Å². The highest BCUT2D eigenvalue weighted by molar-refractivity contribution is 6.00. The van der Waals surface area contributed by atoms with Gasteiger partial charge in [0.05, 0.1) is 26.3 Å². The quantitative estimate of drug-likeness (QED) is 0.750. The molecular weight excluding hydrogens is 230 g/mol. The van der Waals surface area contributed by atoms with Crippen molar-refractivity contribution >= 4 is 5.78 Å².